The molecule has 0 bridgehead atoms. The maximum Gasteiger partial charge on any atom is 0.138 e. The first-order valence-corrected chi connectivity index (χ1v) is 5.63. The molecule has 80 valence electrons. The quantitative estimate of drug-likeness (QED) is 0.701. The van der Waals surface area contributed by atoms with Crippen molar-refractivity contribution in [1.29, 1.82) is 0 Å². The number of hydrogen-bond acceptors (Lipinski definition) is 2. The van der Waals surface area contributed by atoms with Gasteiger partial charge in [-0.2, -0.15) is 0 Å². The van der Waals surface area contributed by atoms with E-state index < -0.39 is 6.10 Å². The Balaban J connectivity index is 2.41. The van der Waals surface area contributed by atoms with Crippen LogP contribution in [0.4, 0.5) is 0 Å². The van der Waals surface area contributed by atoms with Gasteiger partial charge in [0, 0.05) is 12.3 Å². The van der Waals surface area contributed by atoms with Crippen LogP contribution in [0, 0.1) is 5.92 Å². The summed E-state index contributed by atoms with van der Waals surface area (Å²) in [6.07, 6.45) is 8.88. The second-order valence-corrected chi connectivity index (χ2v) is 4.03. The number of hydrogen-bond donors (Lipinski definition) is 1. The van der Waals surface area contributed by atoms with E-state index in [1.165, 1.54) is 0 Å². The van der Waals surface area contributed by atoms with Crippen molar-refractivity contribution in [3.8, 4) is 0 Å². The highest BCUT2D eigenvalue weighted by atomic mass is 16.3. The summed E-state index contributed by atoms with van der Waals surface area (Å²) in [5.41, 5.74) is 0. The number of rotatable bonds is 4. The summed E-state index contributed by atoms with van der Waals surface area (Å²) in [6.45, 7) is 2.10. The minimum atomic E-state index is -0.547. The Morgan fingerprint density at radius 2 is 2.36 bits per heavy atom. The van der Waals surface area contributed by atoms with E-state index in [4.69, 9.17) is 0 Å². The van der Waals surface area contributed by atoms with Gasteiger partial charge in [0.25, 0.3) is 0 Å². The highest BCUT2D eigenvalue weighted by Gasteiger charge is 2.26. The lowest BCUT2D eigenvalue weighted by Crippen LogP contribution is -2.29. The predicted molar refractivity (Wildman–Crippen MR) is 57.0 cm³/mol. The fraction of sp³-hybridized carbons (Fsp3) is 0.750. The van der Waals surface area contributed by atoms with Gasteiger partial charge in [-0.3, -0.25) is 4.79 Å². The van der Waals surface area contributed by atoms with E-state index in [1.807, 2.05) is 6.08 Å². The summed E-state index contributed by atoms with van der Waals surface area (Å²) in [7, 11) is 0. The SMILES string of the molecule is CCC/C=C/C(O)C1CCCCC1=O. The summed E-state index contributed by atoms with van der Waals surface area (Å²) >= 11 is 0. The fourth-order valence-electron chi connectivity index (χ4n) is 1.91. The van der Waals surface area contributed by atoms with Crippen molar-refractivity contribution in [2.45, 2.75) is 51.6 Å². The molecule has 0 saturated heterocycles. The van der Waals surface area contributed by atoms with E-state index in [1.54, 1.807) is 6.08 Å². The number of carbonyl (C=O) groups excluding carboxylic acids is 1. The van der Waals surface area contributed by atoms with Gasteiger partial charge in [0.05, 0.1) is 6.10 Å². The largest absolute Gasteiger partial charge is 0.388 e. The molecule has 1 rings (SSSR count). The van der Waals surface area contributed by atoms with Crippen LogP contribution in [0.3, 0.4) is 0 Å². The maximum atomic E-state index is 11.5. The molecule has 0 aromatic rings. The van der Waals surface area contributed by atoms with Gasteiger partial charge < -0.3 is 5.11 Å². The number of unbranched alkanes of at least 4 members (excludes halogenated alkanes) is 1. The zero-order valence-corrected chi connectivity index (χ0v) is 8.91. The highest BCUT2D eigenvalue weighted by Crippen LogP contribution is 2.24. The third-order valence-electron chi connectivity index (χ3n) is 2.80. The van der Waals surface area contributed by atoms with E-state index in [-0.39, 0.29) is 11.7 Å². The first kappa shape index (κ1) is 11.4. The Kier molecular flexibility index (Phi) is 4.88. The normalized spacial score (nSPS) is 25.6. The van der Waals surface area contributed by atoms with Gasteiger partial charge in [-0.15, -0.1) is 0 Å². The first-order valence-electron chi connectivity index (χ1n) is 5.63. The molecule has 2 heteroatoms. The van der Waals surface area contributed by atoms with Crippen LogP contribution in [0.25, 0.3) is 0 Å². The molecular formula is C12H20O2. The summed E-state index contributed by atoms with van der Waals surface area (Å²) < 4.78 is 0. The summed E-state index contributed by atoms with van der Waals surface area (Å²) in [5, 5.41) is 9.76. The number of aliphatic hydroxyl groups excluding tert-OH is 1. The van der Waals surface area contributed by atoms with Gasteiger partial charge in [0.15, 0.2) is 0 Å². The molecule has 0 aromatic heterocycles. The molecule has 1 aliphatic carbocycles. The lowest BCUT2D eigenvalue weighted by Gasteiger charge is -2.23. The van der Waals surface area contributed by atoms with E-state index in [0.717, 1.165) is 32.1 Å². The third kappa shape index (κ3) is 3.26. The number of Topliss-reactive ketones (excluding diaryl/α,β-unsaturated/α-hetero) is 1. The lowest BCUT2D eigenvalue weighted by molar-refractivity contribution is -0.127. The van der Waals surface area contributed by atoms with Crippen LogP contribution in [-0.2, 0) is 4.79 Å². The van der Waals surface area contributed by atoms with Crippen LogP contribution >= 0.6 is 0 Å². The highest BCUT2D eigenvalue weighted by molar-refractivity contribution is 5.82. The number of ketones is 1. The minimum Gasteiger partial charge on any atom is -0.388 e. The summed E-state index contributed by atoms with van der Waals surface area (Å²) in [6, 6.07) is 0. The second kappa shape index (κ2) is 5.97. The van der Waals surface area contributed by atoms with Crippen molar-refractivity contribution in [3.63, 3.8) is 0 Å². The molecule has 2 unspecified atom stereocenters. The van der Waals surface area contributed by atoms with Crippen LogP contribution in [0.2, 0.25) is 0 Å². The summed E-state index contributed by atoms with van der Waals surface area (Å²) in [4.78, 5) is 11.5. The zero-order valence-electron chi connectivity index (χ0n) is 8.91. The maximum absolute atomic E-state index is 11.5. The molecule has 1 aliphatic rings. The number of aliphatic hydroxyl groups is 1. The molecule has 1 N–H and O–H groups in total. The van der Waals surface area contributed by atoms with Crippen molar-refractivity contribution >= 4 is 5.78 Å². The van der Waals surface area contributed by atoms with Crippen LogP contribution in [0.1, 0.15) is 45.4 Å². The molecule has 0 aromatic carbocycles. The van der Waals surface area contributed by atoms with Crippen LogP contribution < -0.4 is 0 Å². The Bertz CT molecular complexity index is 208. The van der Waals surface area contributed by atoms with Gasteiger partial charge in [-0.25, -0.2) is 0 Å². The van der Waals surface area contributed by atoms with E-state index in [0.29, 0.717) is 6.42 Å². The predicted octanol–water partition coefficient (Wildman–Crippen LogP) is 2.46. The molecular weight excluding hydrogens is 176 g/mol. The number of carbonyl (C=O) groups is 1. The van der Waals surface area contributed by atoms with E-state index in [9.17, 15) is 9.90 Å². The smallest absolute Gasteiger partial charge is 0.138 e. The van der Waals surface area contributed by atoms with Gasteiger partial charge in [0.1, 0.15) is 5.78 Å². The number of allylic oxidation sites excluding steroid dienone is 1. The first-order chi connectivity index (χ1) is 6.75. The minimum absolute atomic E-state index is 0.128. The van der Waals surface area contributed by atoms with Gasteiger partial charge >= 0.3 is 0 Å². The van der Waals surface area contributed by atoms with Crippen molar-refractivity contribution in [2.75, 3.05) is 0 Å². The molecule has 2 atom stereocenters. The average molecular weight is 196 g/mol. The monoisotopic (exact) mass is 196 g/mol. The van der Waals surface area contributed by atoms with E-state index in [2.05, 4.69) is 6.92 Å². The molecule has 0 amide bonds. The molecule has 1 fully saturated rings. The van der Waals surface area contributed by atoms with Gasteiger partial charge in [-0.1, -0.05) is 31.9 Å². The zero-order chi connectivity index (χ0) is 10.4. The Morgan fingerprint density at radius 1 is 1.57 bits per heavy atom. The molecule has 2 nitrogen and oxygen atoms in total. The van der Waals surface area contributed by atoms with E-state index >= 15 is 0 Å². The Morgan fingerprint density at radius 3 is 3.00 bits per heavy atom. The summed E-state index contributed by atoms with van der Waals surface area (Å²) in [5.74, 6) is 0.113. The molecule has 1 saturated carbocycles. The van der Waals surface area contributed by atoms with Gasteiger partial charge in [-0.05, 0) is 19.3 Å². The average Bonchev–Trinajstić information content (AvgIpc) is 2.18. The van der Waals surface area contributed by atoms with Crippen molar-refractivity contribution in [2.24, 2.45) is 5.92 Å². The van der Waals surface area contributed by atoms with Crippen LogP contribution in [0.15, 0.2) is 12.2 Å². The third-order valence-corrected chi connectivity index (χ3v) is 2.80. The Hall–Kier alpha value is -0.630. The molecule has 0 aliphatic heterocycles. The second-order valence-electron chi connectivity index (χ2n) is 4.03. The Labute approximate surface area is 86.0 Å². The van der Waals surface area contributed by atoms with Crippen LogP contribution in [-0.4, -0.2) is 17.0 Å². The molecule has 0 spiro atoms. The van der Waals surface area contributed by atoms with Crippen LogP contribution in [0.5, 0.6) is 0 Å². The lowest BCUT2D eigenvalue weighted by atomic mass is 9.84. The van der Waals surface area contributed by atoms with Crippen molar-refractivity contribution in [1.82, 2.24) is 0 Å². The van der Waals surface area contributed by atoms with Gasteiger partial charge in [0.2, 0.25) is 0 Å². The standard InChI is InChI=1S/C12H20O2/c1-2-3-4-8-11(13)10-7-5-6-9-12(10)14/h4,8,10-11,13H,2-3,5-7,9H2,1H3/b8-4+. The van der Waals surface area contributed by atoms with Crippen molar-refractivity contribution < 1.29 is 9.90 Å². The molecule has 14 heavy (non-hydrogen) atoms. The molecule has 0 radical (unpaired) electrons. The molecule has 0 heterocycles. The topological polar surface area (TPSA) is 37.3 Å². The van der Waals surface area contributed by atoms with Crippen molar-refractivity contribution in [3.05, 3.63) is 12.2 Å². The fourth-order valence-corrected chi connectivity index (χ4v) is 1.91.